The van der Waals surface area contributed by atoms with E-state index in [4.69, 9.17) is 0 Å². The van der Waals surface area contributed by atoms with Gasteiger partial charge in [-0.05, 0) is 62.1 Å². The number of fused-ring (bicyclic) bond motifs is 2. The summed E-state index contributed by atoms with van der Waals surface area (Å²) in [6.45, 7) is 2.71. The highest BCUT2D eigenvalue weighted by Gasteiger charge is 2.41. The molecule has 1 N–H and O–H groups in total. The first-order valence-electron chi connectivity index (χ1n) is 8.86. The molecule has 0 aromatic heterocycles. The average Bonchev–Trinajstić information content (AvgIpc) is 3.03. The molecule has 1 aromatic rings. The summed E-state index contributed by atoms with van der Waals surface area (Å²) in [6, 6.07) is 10.3. The summed E-state index contributed by atoms with van der Waals surface area (Å²) < 4.78 is 0. The van der Waals surface area contributed by atoms with E-state index in [2.05, 4.69) is 41.5 Å². The van der Waals surface area contributed by atoms with Crippen LogP contribution in [-0.2, 0) is 6.42 Å². The first kappa shape index (κ1) is 13.8. The number of aryl methyl sites for hydroxylation is 1. The lowest BCUT2D eigenvalue weighted by Crippen LogP contribution is -2.43. The number of rotatable bonds is 2. The minimum atomic E-state index is 0.516. The van der Waals surface area contributed by atoms with Crippen molar-refractivity contribution in [2.75, 3.05) is 20.1 Å². The fourth-order valence-electron chi connectivity index (χ4n) is 5.22. The zero-order valence-electron chi connectivity index (χ0n) is 13.2. The molecule has 4 atom stereocenters. The number of hydrogen-bond donors (Lipinski definition) is 1. The van der Waals surface area contributed by atoms with Crippen molar-refractivity contribution in [1.29, 1.82) is 0 Å². The fraction of sp³-hybridized carbons (Fsp3) is 0.684. The molecule has 0 amide bonds. The summed E-state index contributed by atoms with van der Waals surface area (Å²) in [5, 5.41) is 3.65. The summed E-state index contributed by atoms with van der Waals surface area (Å²) in [7, 11) is 2.15. The van der Waals surface area contributed by atoms with E-state index in [1.54, 1.807) is 11.1 Å². The first-order chi connectivity index (χ1) is 10.4. The molecule has 114 valence electrons. The standard InChI is InChI=1S/C19H28N2/c1-20-19-17-10-3-2-6-14(17)7-5-11-18(19)21-12-15-8-4-9-16(15)13-21/h2-3,6,10,15-16,18-20H,4-5,7-9,11-13H2,1H3. The minimum absolute atomic E-state index is 0.516. The molecule has 1 saturated carbocycles. The lowest BCUT2D eigenvalue weighted by molar-refractivity contribution is 0.173. The lowest BCUT2D eigenvalue weighted by Gasteiger charge is -2.34. The zero-order chi connectivity index (χ0) is 14.2. The van der Waals surface area contributed by atoms with Crippen molar-refractivity contribution in [3.63, 3.8) is 0 Å². The Bertz CT molecular complexity index is 486. The van der Waals surface area contributed by atoms with Gasteiger partial charge in [-0.25, -0.2) is 0 Å². The van der Waals surface area contributed by atoms with Crippen molar-refractivity contribution in [2.24, 2.45) is 11.8 Å². The SMILES string of the molecule is CNC1c2ccccc2CCCC1N1CC2CCCC2C1. The first-order valence-corrected chi connectivity index (χ1v) is 8.86. The zero-order valence-corrected chi connectivity index (χ0v) is 13.2. The third kappa shape index (κ3) is 2.43. The minimum Gasteiger partial charge on any atom is -0.312 e. The topological polar surface area (TPSA) is 15.3 Å². The Kier molecular flexibility index (Phi) is 3.76. The van der Waals surface area contributed by atoms with Gasteiger partial charge in [0.1, 0.15) is 0 Å². The van der Waals surface area contributed by atoms with Crippen LogP contribution in [0.5, 0.6) is 0 Å². The van der Waals surface area contributed by atoms with Crippen LogP contribution < -0.4 is 5.32 Å². The number of nitrogens with one attached hydrogen (secondary N) is 1. The third-order valence-corrected chi connectivity index (χ3v) is 6.26. The highest BCUT2D eigenvalue weighted by molar-refractivity contribution is 5.32. The summed E-state index contributed by atoms with van der Waals surface area (Å²) in [5.41, 5.74) is 3.12. The van der Waals surface area contributed by atoms with Crippen molar-refractivity contribution in [3.8, 4) is 0 Å². The van der Waals surface area contributed by atoms with Crippen LogP contribution in [0, 0.1) is 11.8 Å². The molecule has 2 nitrogen and oxygen atoms in total. The fourth-order valence-corrected chi connectivity index (χ4v) is 5.22. The van der Waals surface area contributed by atoms with Crippen LogP contribution in [0.15, 0.2) is 24.3 Å². The van der Waals surface area contributed by atoms with Gasteiger partial charge in [0.05, 0.1) is 0 Å². The van der Waals surface area contributed by atoms with Crippen LogP contribution in [-0.4, -0.2) is 31.1 Å². The van der Waals surface area contributed by atoms with Crippen LogP contribution in [0.4, 0.5) is 0 Å². The average molecular weight is 284 g/mol. The van der Waals surface area contributed by atoms with Gasteiger partial charge in [0.15, 0.2) is 0 Å². The largest absolute Gasteiger partial charge is 0.312 e. The summed E-state index contributed by atoms with van der Waals surface area (Å²) in [4.78, 5) is 2.83. The maximum atomic E-state index is 3.65. The van der Waals surface area contributed by atoms with E-state index in [-0.39, 0.29) is 0 Å². The lowest BCUT2D eigenvalue weighted by atomic mass is 9.95. The molecule has 4 unspecified atom stereocenters. The highest BCUT2D eigenvalue weighted by Crippen LogP contribution is 2.41. The van der Waals surface area contributed by atoms with Gasteiger partial charge in [0.25, 0.3) is 0 Å². The van der Waals surface area contributed by atoms with E-state index >= 15 is 0 Å². The molecular formula is C19H28N2. The summed E-state index contributed by atoms with van der Waals surface area (Å²) in [6.07, 6.45) is 8.38. The van der Waals surface area contributed by atoms with Gasteiger partial charge in [-0.2, -0.15) is 0 Å². The Labute approximate surface area is 128 Å². The predicted molar refractivity (Wildman–Crippen MR) is 87.4 cm³/mol. The Balaban J connectivity index is 1.60. The Morgan fingerprint density at radius 2 is 1.76 bits per heavy atom. The van der Waals surface area contributed by atoms with Gasteiger partial charge < -0.3 is 5.32 Å². The van der Waals surface area contributed by atoms with Crippen molar-refractivity contribution < 1.29 is 0 Å². The molecule has 21 heavy (non-hydrogen) atoms. The molecule has 0 bridgehead atoms. The Morgan fingerprint density at radius 1 is 1.00 bits per heavy atom. The van der Waals surface area contributed by atoms with E-state index in [1.165, 1.54) is 51.6 Å². The maximum absolute atomic E-state index is 3.65. The van der Waals surface area contributed by atoms with Crippen LogP contribution in [0.2, 0.25) is 0 Å². The summed E-state index contributed by atoms with van der Waals surface area (Å²) in [5.74, 6) is 2.00. The molecule has 2 fully saturated rings. The van der Waals surface area contributed by atoms with Gasteiger partial charge in [-0.3, -0.25) is 4.90 Å². The van der Waals surface area contributed by atoms with E-state index in [0.717, 1.165) is 11.8 Å². The second-order valence-electron chi connectivity index (χ2n) is 7.33. The van der Waals surface area contributed by atoms with Crippen molar-refractivity contribution >= 4 is 0 Å². The second kappa shape index (κ2) is 5.73. The van der Waals surface area contributed by atoms with E-state index in [0.29, 0.717) is 12.1 Å². The molecule has 0 radical (unpaired) electrons. The van der Waals surface area contributed by atoms with Crippen LogP contribution in [0.25, 0.3) is 0 Å². The molecule has 1 aliphatic heterocycles. The molecule has 1 aromatic carbocycles. The number of nitrogens with zero attached hydrogens (tertiary/aromatic N) is 1. The van der Waals surface area contributed by atoms with Crippen molar-refractivity contribution in [2.45, 2.75) is 50.6 Å². The van der Waals surface area contributed by atoms with Gasteiger partial charge in [0.2, 0.25) is 0 Å². The third-order valence-electron chi connectivity index (χ3n) is 6.26. The van der Waals surface area contributed by atoms with Crippen LogP contribution >= 0.6 is 0 Å². The molecule has 0 spiro atoms. The van der Waals surface area contributed by atoms with Crippen LogP contribution in [0.3, 0.4) is 0 Å². The molecule has 2 heteroatoms. The highest BCUT2D eigenvalue weighted by atomic mass is 15.2. The number of benzene rings is 1. The Hall–Kier alpha value is -0.860. The van der Waals surface area contributed by atoms with Crippen molar-refractivity contribution in [3.05, 3.63) is 35.4 Å². The molecule has 1 saturated heterocycles. The molecule has 4 rings (SSSR count). The smallest absolute Gasteiger partial charge is 0.0478 e. The van der Waals surface area contributed by atoms with E-state index in [1.807, 2.05) is 0 Å². The molecule has 2 aliphatic carbocycles. The van der Waals surface area contributed by atoms with Crippen LogP contribution in [0.1, 0.15) is 49.3 Å². The quantitative estimate of drug-likeness (QED) is 0.838. The van der Waals surface area contributed by atoms with Gasteiger partial charge in [-0.1, -0.05) is 30.7 Å². The van der Waals surface area contributed by atoms with Crippen molar-refractivity contribution in [1.82, 2.24) is 10.2 Å². The van der Waals surface area contributed by atoms with Gasteiger partial charge in [0, 0.05) is 25.2 Å². The second-order valence-corrected chi connectivity index (χ2v) is 7.33. The number of likely N-dealkylation sites (tertiary alicyclic amines) is 1. The normalized spacial score (nSPS) is 36.2. The monoisotopic (exact) mass is 284 g/mol. The van der Waals surface area contributed by atoms with Gasteiger partial charge in [-0.15, -0.1) is 0 Å². The number of likely N-dealkylation sites (N-methyl/N-ethyl adjacent to an activating group) is 1. The predicted octanol–water partition coefficient (Wildman–Crippen LogP) is 3.38. The Morgan fingerprint density at radius 3 is 2.52 bits per heavy atom. The summed E-state index contributed by atoms with van der Waals surface area (Å²) >= 11 is 0. The van der Waals surface area contributed by atoms with E-state index in [9.17, 15) is 0 Å². The van der Waals surface area contributed by atoms with E-state index < -0.39 is 0 Å². The van der Waals surface area contributed by atoms with Gasteiger partial charge >= 0.3 is 0 Å². The molecular weight excluding hydrogens is 256 g/mol. The molecule has 3 aliphatic rings. The number of hydrogen-bond acceptors (Lipinski definition) is 2. The maximum Gasteiger partial charge on any atom is 0.0478 e. The molecule has 1 heterocycles.